The van der Waals surface area contributed by atoms with E-state index in [1.165, 1.54) is 19.5 Å². The van der Waals surface area contributed by atoms with Gasteiger partial charge in [-0.15, -0.1) is 0 Å². The lowest BCUT2D eigenvalue weighted by Crippen LogP contribution is -2.05. The van der Waals surface area contributed by atoms with Gasteiger partial charge in [0, 0.05) is 7.05 Å². The van der Waals surface area contributed by atoms with E-state index in [9.17, 15) is 4.79 Å². The summed E-state index contributed by atoms with van der Waals surface area (Å²) in [5.41, 5.74) is 1.60. The summed E-state index contributed by atoms with van der Waals surface area (Å²) in [4.78, 5) is 19.3. The molecule has 0 amide bonds. The minimum Gasteiger partial charge on any atom is -0.464 e. The highest BCUT2D eigenvalue weighted by Gasteiger charge is 2.12. The second kappa shape index (κ2) is 4.62. The van der Waals surface area contributed by atoms with Gasteiger partial charge in [0.15, 0.2) is 5.69 Å². The van der Waals surface area contributed by atoms with Crippen molar-refractivity contribution in [3.63, 3.8) is 0 Å². The Kier molecular flexibility index (Phi) is 3.19. The van der Waals surface area contributed by atoms with Gasteiger partial charge in [0.05, 0.1) is 30.2 Å². The Labute approximate surface area is 106 Å². The van der Waals surface area contributed by atoms with E-state index in [1.807, 2.05) is 0 Å². The van der Waals surface area contributed by atoms with Crippen LogP contribution in [0, 0.1) is 0 Å². The van der Waals surface area contributed by atoms with Crippen LogP contribution in [0.2, 0.25) is 0 Å². The summed E-state index contributed by atoms with van der Waals surface area (Å²) in [6, 6.07) is 0. The summed E-state index contributed by atoms with van der Waals surface area (Å²) in [5.74, 6) is -0.506. The fraction of sp³-hybridized carbons (Fsp3) is 0.200. The molecular formula is C10H9BrN4O2. The number of ether oxygens (including phenoxy) is 1. The molecule has 0 aliphatic heterocycles. The van der Waals surface area contributed by atoms with Crippen molar-refractivity contribution in [1.29, 1.82) is 0 Å². The molecule has 0 aliphatic carbocycles. The Balaban J connectivity index is 2.39. The lowest BCUT2D eigenvalue weighted by Gasteiger charge is -2.02. The van der Waals surface area contributed by atoms with Crippen LogP contribution in [0.25, 0.3) is 11.4 Å². The first-order valence-electron chi connectivity index (χ1n) is 4.71. The summed E-state index contributed by atoms with van der Waals surface area (Å²) < 4.78 is 7.04. The zero-order valence-corrected chi connectivity index (χ0v) is 10.8. The first kappa shape index (κ1) is 11.7. The van der Waals surface area contributed by atoms with Crippen molar-refractivity contribution >= 4 is 21.9 Å². The predicted molar refractivity (Wildman–Crippen MR) is 63.3 cm³/mol. The molecule has 0 aliphatic rings. The first-order valence-corrected chi connectivity index (χ1v) is 5.51. The molecule has 0 N–H and O–H groups in total. The zero-order valence-electron chi connectivity index (χ0n) is 9.22. The van der Waals surface area contributed by atoms with Crippen molar-refractivity contribution in [2.24, 2.45) is 7.05 Å². The average molecular weight is 297 g/mol. The van der Waals surface area contributed by atoms with E-state index in [2.05, 4.69) is 35.7 Å². The molecule has 2 aromatic rings. The molecule has 7 heteroatoms. The molecule has 6 nitrogen and oxygen atoms in total. The Morgan fingerprint density at radius 1 is 1.35 bits per heavy atom. The Hall–Kier alpha value is -1.76. The van der Waals surface area contributed by atoms with Crippen molar-refractivity contribution in [2.45, 2.75) is 0 Å². The maximum absolute atomic E-state index is 11.2. The highest BCUT2D eigenvalue weighted by atomic mass is 79.9. The van der Waals surface area contributed by atoms with E-state index in [1.54, 1.807) is 17.9 Å². The van der Waals surface area contributed by atoms with Crippen LogP contribution in [0.4, 0.5) is 0 Å². The smallest absolute Gasteiger partial charge is 0.358 e. The van der Waals surface area contributed by atoms with Crippen LogP contribution in [0.15, 0.2) is 23.1 Å². The van der Waals surface area contributed by atoms with Crippen molar-refractivity contribution in [1.82, 2.24) is 19.7 Å². The number of hydrogen-bond acceptors (Lipinski definition) is 5. The summed E-state index contributed by atoms with van der Waals surface area (Å²) in [6.45, 7) is 0. The second-order valence-corrected chi connectivity index (χ2v) is 4.10. The zero-order chi connectivity index (χ0) is 12.4. The van der Waals surface area contributed by atoms with Crippen molar-refractivity contribution in [3.05, 3.63) is 28.8 Å². The van der Waals surface area contributed by atoms with Crippen LogP contribution in [-0.2, 0) is 11.8 Å². The van der Waals surface area contributed by atoms with Crippen molar-refractivity contribution in [3.8, 4) is 11.4 Å². The molecule has 0 saturated heterocycles. The number of methoxy groups -OCH3 is 1. The lowest BCUT2D eigenvalue weighted by molar-refractivity contribution is 0.0593. The third-order valence-corrected chi connectivity index (χ3v) is 2.76. The molecule has 2 heterocycles. The summed E-state index contributed by atoms with van der Waals surface area (Å²) in [5, 5.41) is 4.08. The van der Waals surface area contributed by atoms with Gasteiger partial charge in [-0.25, -0.2) is 9.78 Å². The van der Waals surface area contributed by atoms with Crippen LogP contribution >= 0.6 is 15.9 Å². The van der Waals surface area contributed by atoms with Crippen molar-refractivity contribution < 1.29 is 9.53 Å². The van der Waals surface area contributed by atoms with Crippen LogP contribution in [0.3, 0.4) is 0 Å². The fourth-order valence-corrected chi connectivity index (χ4v) is 1.91. The van der Waals surface area contributed by atoms with Gasteiger partial charge in [-0.1, -0.05) is 0 Å². The standard InChI is InChI=1S/C10H9BrN4O2/c1-15-9(6(11)3-14-15)7-4-13-8(5-12-7)10(16)17-2/h3-5H,1-2H3. The number of aromatic nitrogens is 4. The molecule has 0 spiro atoms. The molecule has 0 unspecified atom stereocenters. The maximum Gasteiger partial charge on any atom is 0.358 e. The summed E-state index contributed by atoms with van der Waals surface area (Å²) in [6.07, 6.45) is 4.56. The molecule has 0 fully saturated rings. The normalized spacial score (nSPS) is 10.3. The molecule has 0 bridgehead atoms. The van der Waals surface area contributed by atoms with Gasteiger partial charge in [-0.05, 0) is 15.9 Å². The van der Waals surface area contributed by atoms with E-state index in [0.29, 0.717) is 5.69 Å². The SMILES string of the molecule is COC(=O)c1cnc(-c2c(Br)cnn2C)cn1. The van der Waals surface area contributed by atoms with Crippen LogP contribution in [-0.4, -0.2) is 32.8 Å². The highest BCUT2D eigenvalue weighted by Crippen LogP contribution is 2.24. The molecule has 0 saturated carbocycles. The van der Waals surface area contributed by atoms with Gasteiger partial charge in [0.2, 0.25) is 0 Å². The van der Waals surface area contributed by atoms with Crippen LogP contribution in [0.5, 0.6) is 0 Å². The molecule has 2 rings (SSSR count). The van der Waals surface area contributed by atoms with Gasteiger partial charge in [-0.2, -0.15) is 5.10 Å². The third-order valence-electron chi connectivity index (χ3n) is 2.18. The van der Waals surface area contributed by atoms with E-state index >= 15 is 0 Å². The largest absolute Gasteiger partial charge is 0.464 e. The minimum atomic E-state index is -0.506. The van der Waals surface area contributed by atoms with Gasteiger partial charge in [0.25, 0.3) is 0 Å². The Morgan fingerprint density at radius 2 is 2.12 bits per heavy atom. The van der Waals surface area contributed by atoms with E-state index in [0.717, 1.165) is 10.2 Å². The lowest BCUT2D eigenvalue weighted by atomic mass is 10.3. The van der Waals surface area contributed by atoms with Gasteiger partial charge in [0.1, 0.15) is 11.4 Å². The van der Waals surface area contributed by atoms with Crippen molar-refractivity contribution in [2.75, 3.05) is 7.11 Å². The third kappa shape index (κ3) is 2.19. The second-order valence-electron chi connectivity index (χ2n) is 3.24. The molecular weight excluding hydrogens is 288 g/mol. The number of hydrogen-bond donors (Lipinski definition) is 0. The predicted octanol–water partition coefficient (Wildman–Crippen LogP) is 1.43. The van der Waals surface area contributed by atoms with Crippen LogP contribution in [0.1, 0.15) is 10.5 Å². The average Bonchev–Trinajstić information content (AvgIpc) is 2.68. The van der Waals surface area contributed by atoms with Gasteiger partial charge in [-0.3, -0.25) is 9.67 Å². The first-order chi connectivity index (χ1) is 8.13. The number of carbonyl (C=O) groups is 1. The number of carbonyl (C=O) groups excluding carboxylic acids is 1. The van der Waals surface area contributed by atoms with E-state index in [-0.39, 0.29) is 5.69 Å². The minimum absolute atomic E-state index is 0.176. The van der Waals surface area contributed by atoms with Gasteiger partial charge >= 0.3 is 5.97 Å². The molecule has 2 aromatic heterocycles. The Morgan fingerprint density at radius 3 is 2.59 bits per heavy atom. The summed E-state index contributed by atoms with van der Waals surface area (Å²) in [7, 11) is 3.10. The fourth-order valence-electron chi connectivity index (χ4n) is 1.36. The van der Waals surface area contributed by atoms with Gasteiger partial charge < -0.3 is 4.74 Å². The summed E-state index contributed by atoms with van der Waals surface area (Å²) >= 11 is 3.37. The number of rotatable bonds is 2. The monoisotopic (exact) mass is 296 g/mol. The Bertz CT molecular complexity index is 530. The molecule has 0 aromatic carbocycles. The van der Waals surface area contributed by atoms with Crippen LogP contribution < -0.4 is 0 Å². The topological polar surface area (TPSA) is 69.9 Å². The number of halogens is 1. The highest BCUT2D eigenvalue weighted by molar-refractivity contribution is 9.10. The maximum atomic E-state index is 11.2. The number of nitrogens with zero attached hydrogens (tertiary/aromatic N) is 4. The number of aryl methyl sites for hydroxylation is 1. The molecule has 0 atom stereocenters. The van der Waals surface area contributed by atoms with E-state index in [4.69, 9.17) is 0 Å². The number of esters is 1. The molecule has 88 valence electrons. The molecule has 0 radical (unpaired) electrons. The van der Waals surface area contributed by atoms with E-state index < -0.39 is 5.97 Å². The quantitative estimate of drug-likeness (QED) is 0.784. The molecule has 17 heavy (non-hydrogen) atoms.